The number of nitriles is 1. The first kappa shape index (κ1) is 11.8. The number of hydrogen-bond donors (Lipinski definition) is 2. The molecule has 1 aromatic rings. The number of benzene rings is 1. The van der Waals surface area contributed by atoms with Crippen LogP contribution < -0.4 is 5.73 Å². The van der Waals surface area contributed by atoms with Gasteiger partial charge < -0.3 is 10.8 Å². The summed E-state index contributed by atoms with van der Waals surface area (Å²) >= 11 is 0. The topological polar surface area (TPSA) is 87.1 Å². The zero-order chi connectivity index (χ0) is 12.1. The normalized spacial score (nSPS) is 10.2. The van der Waals surface area contributed by atoms with Crippen LogP contribution in [-0.4, -0.2) is 11.1 Å². The third kappa shape index (κ3) is 2.61. The van der Waals surface area contributed by atoms with Crippen molar-refractivity contribution in [3.05, 3.63) is 34.9 Å². The number of aryl methyl sites for hydroxylation is 1. The van der Waals surface area contributed by atoms with Crippen molar-refractivity contribution in [2.45, 2.75) is 13.3 Å². The second-order valence-electron chi connectivity index (χ2n) is 3.39. The van der Waals surface area contributed by atoms with Gasteiger partial charge in [0.15, 0.2) is 0 Å². The molecule has 1 aromatic carbocycles. The molecule has 0 unspecified atom stereocenters. The van der Waals surface area contributed by atoms with E-state index in [1.54, 1.807) is 25.1 Å². The summed E-state index contributed by atoms with van der Waals surface area (Å²) in [4.78, 5) is 10.9. The third-order valence-corrected chi connectivity index (χ3v) is 2.09. The van der Waals surface area contributed by atoms with Crippen LogP contribution in [0.1, 0.15) is 27.9 Å². The van der Waals surface area contributed by atoms with E-state index in [-0.39, 0.29) is 17.7 Å². The Morgan fingerprint density at radius 3 is 2.88 bits per heavy atom. The SMILES string of the molecule is Cc1cc(C=CCC#N)c(N)c(C(=O)O)c1. The van der Waals surface area contributed by atoms with Gasteiger partial charge in [-0.15, -0.1) is 0 Å². The van der Waals surface area contributed by atoms with E-state index in [4.69, 9.17) is 16.1 Å². The number of allylic oxidation sites excluding steroid dienone is 1. The van der Waals surface area contributed by atoms with E-state index in [9.17, 15) is 4.79 Å². The molecule has 0 atom stereocenters. The maximum absolute atomic E-state index is 10.9. The van der Waals surface area contributed by atoms with Crippen molar-refractivity contribution in [3.63, 3.8) is 0 Å². The minimum atomic E-state index is -1.05. The highest BCUT2D eigenvalue weighted by molar-refractivity contribution is 5.96. The molecule has 4 heteroatoms. The Morgan fingerprint density at radius 1 is 1.62 bits per heavy atom. The van der Waals surface area contributed by atoms with Crippen LogP contribution in [0.25, 0.3) is 6.08 Å². The van der Waals surface area contributed by atoms with Gasteiger partial charge in [0.1, 0.15) is 0 Å². The van der Waals surface area contributed by atoms with Crippen LogP contribution in [0.3, 0.4) is 0 Å². The Balaban J connectivity index is 3.20. The highest BCUT2D eigenvalue weighted by Gasteiger charge is 2.10. The standard InChI is InChI=1S/C12H12N2O2/c1-8-6-9(4-2-3-5-13)11(14)10(7-8)12(15)16/h2,4,6-7H,3,14H2,1H3,(H,15,16). The first-order valence-corrected chi connectivity index (χ1v) is 4.73. The van der Waals surface area contributed by atoms with Gasteiger partial charge in [0.05, 0.1) is 23.7 Å². The van der Waals surface area contributed by atoms with E-state index >= 15 is 0 Å². The molecule has 0 bridgehead atoms. The lowest BCUT2D eigenvalue weighted by molar-refractivity contribution is 0.0698. The summed E-state index contributed by atoms with van der Waals surface area (Å²) < 4.78 is 0. The molecule has 1 rings (SSSR count). The molecule has 0 radical (unpaired) electrons. The number of aromatic carboxylic acids is 1. The first-order chi connectivity index (χ1) is 7.56. The van der Waals surface area contributed by atoms with Crippen LogP contribution in [0.5, 0.6) is 0 Å². The van der Waals surface area contributed by atoms with Crippen molar-refractivity contribution in [1.29, 1.82) is 5.26 Å². The van der Waals surface area contributed by atoms with Gasteiger partial charge in [-0.1, -0.05) is 12.2 Å². The fourth-order valence-corrected chi connectivity index (χ4v) is 1.38. The molecule has 0 spiro atoms. The van der Waals surface area contributed by atoms with Gasteiger partial charge in [0.2, 0.25) is 0 Å². The zero-order valence-electron chi connectivity index (χ0n) is 8.90. The molecule has 0 heterocycles. The maximum Gasteiger partial charge on any atom is 0.337 e. The number of anilines is 1. The van der Waals surface area contributed by atoms with Crippen LogP contribution in [0, 0.1) is 18.3 Å². The lowest BCUT2D eigenvalue weighted by Crippen LogP contribution is -2.04. The van der Waals surface area contributed by atoms with Gasteiger partial charge in [-0.3, -0.25) is 0 Å². The number of carboxylic acid groups (broad SMARTS) is 1. The summed E-state index contributed by atoms with van der Waals surface area (Å²) in [6.07, 6.45) is 3.59. The highest BCUT2D eigenvalue weighted by atomic mass is 16.4. The van der Waals surface area contributed by atoms with E-state index in [1.807, 2.05) is 6.07 Å². The molecule has 16 heavy (non-hydrogen) atoms. The molecular weight excluding hydrogens is 204 g/mol. The summed E-state index contributed by atoms with van der Waals surface area (Å²) in [7, 11) is 0. The molecule has 0 aliphatic carbocycles. The fourth-order valence-electron chi connectivity index (χ4n) is 1.38. The van der Waals surface area contributed by atoms with Gasteiger partial charge >= 0.3 is 5.97 Å². The molecule has 82 valence electrons. The van der Waals surface area contributed by atoms with Crippen LogP contribution in [0.4, 0.5) is 5.69 Å². The van der Waals surface area contributed by atoms with E-state index in [1.165, 1.54) is 6.07 Å². The van der Waals surface area contributed by atoms with Crippen molar-refractivity contribution >= 4 is 17.7 Å². The third-order valence-electron chi connectivity index (χ3n) is 2.09. The highest BCUT2D eigenvalue weighted by Crippen LogP contribution is 2.21. The molecule has 0 saturated carbocycles. The maximum atomic E-state index is 10.9. The van der Waals surface area contributed by atoms with Crippen molar-refractivity contribution in [2.24, 2.45) is 0 Å². The van der Waals surface area contributed by atoms with E-state index in [0.717, 1.165) is 5.56 Å². The molecule has 4 nitrogen and oxygen atoms in total. The second-order valence-corrected chi connectivity index (χ2v) is 3.39. The van der Waals surface area contributed by atoms with Gasteiger partial charge in [-0.2, -0.15) is 5.26 Å². The van der Waals surface area contributed by atoms with Crippen LogP contribution >= 0.6 is 0 Å². The largest absolute Gasteiger partial charge is 0.478 e. The second kappa shape index (κ2) is 4.99. The summed E-state index contributed by atoms with van der Waals surface area (Å²) in [6.45, 7) is 1.80. The Bertz CT molecular complexity index is 485. The van der Waals surface area contributed by atoms with E-state index in [2.05, 4.69) is 0 Å². The average Bonchev–Trinajstić information content (AvgIpc) is 2.22. The Labute approximate surface area is 93.6 Å². The summed E-state index contributed by atoms with van der Waals surface area (Å²) in [5.74, 6) is -1.05. The number of nitrogens with two attached hydrogens (primary N) is 1. The molecule has 3 N–H and O–H groups in total. The van der Waals surface area contributed by atoms with Crippen LogP contribution in [0.15, 0.2) is 18.2 Å². The molecule has 0 amide bonds. The average molecular weight is 216 g/mol. The molecular formula is C12H12N2O2. The molecule has 0 aromatic heterocycles. The van der Waals surface area contributed by atoms with Crippen molar-refractivity contribution < 1.29 is 9.90 Å². The zero-order valence-corrected chi connectivity index (χ0v) is 8.90. The number of nitrogens with zero attached hydrogens (tertiary/aromatic N) is 1. The van der Waals surface area contributed by atoms with Crippen molar-refractivity contribution in [1.82, 2.24) is 0 Å². The predicted octanol–water partition coefficient (Wildman–Crippen LogP) is 2.20. The molecule has 0 saturated heterocycles. The monoisotopic (exact) mass is 216 g/mol. The molecule has 0 aliphatic rings. The molecule has 0 aliphatic heterocycles. The Kier molecular flexibility index (Phi) is 3.67. The number of carboxylic acids is 1. The van der Waals surface area contributed by atoms with Crippen molar-refractivity contribution in [3.8, 4) is 6.07 Å². The lowest BCUT2D eigenvalue weighted by Gasteiger charge is -2.06. The molecule has 0 fully saturated rings. The van der Waals surface area contributed by atoms with E-state index < -0.39 is 5.97 Å². The smallest absolute Gasteiger partial charge is 0.337 e. The van der Waals surface area contributed by atoms with Crippen LogP contribution in [-0.2, 0) is 0 Å². The van der Waals surface area contributed by atoms with Gasteiger partial charge in [0.25, 0.3) is 0 Å². The van der Waals surface area contributed by atoms with Gasteiger partial charge in [-0.25, -0.2) is 4.79 Å². The summed E-state index contributed by atoms with van der Waals surface area (Å²) in [6, 6.07) is 5.28. The van der Waals surface area contributed by atoms with Crippen molar-refractivity contribution in [2.75, 3.05) is 5.73 Å². The Hall–Kier alpha value is -2.28. The number of rotatable bonds is 3. The van der Waals surface area contributed by atoms with Gasteiger partial charge in [0, 0.05) is 0 Å². The van der Waals surface area contributed by atoms with E-state index in [0.29, 0.717) is 5.56 Å². The Morgan fingerprint density at radius 2 is 2.31 bits per heavy atom. The lowest BCUT2D eigenvalue weighted by atomic mass is 10.0. The minimum absolute atomic E-state index is 0.0941. The summed E-state index contributed by atoms with van der Waals surface area (Å²) in [5, 5.41) is 17.3. The number of carbonyl (C=O) groups is 1. The van der Waals surface area contributed by atoms with Crippen LogP contribution in [0.2, 0.25) is 0 Å². The quantitative estimate of drug-likeness (QED) is 0.758. The fraction of sp³-hybridized carbons (Fsp3) is 0.167. The number of hydrogen-bond acceptors (Lipinski definition) is 3. The summed E-state index contributed by atoms with van der Waals surface area (Å²) in [5.41, 5.74) is 7.50. The van der Waals surface area contributed by atoms with Gasteiger partial charge in [-0.05, 0) is 30.2 Å². The minimum Gasteiger partial charge on any atom is -0.478 e. The first-order valence-electron chi connectivity index (χ1n) is 4.73. The predicted molar refractivity (Wildman–Crippen MR) is 61.8 cm³/mol. The number of nitrogen functional groups attached to an aromatic ring is 1.